The molecule has 5 nitrogen and oxygen atoms in total. The van der Waals surface area contributed by atoms with E-state index in [1.54, 1.807) is 6.20 Å². The minimum Gasteiger partial charge on any atom is -0.376 e. The molecule has 1 saturated carbocycles. The second-order valence-corrected chi connectivity index (χ2v) is 8.73. The standard InChI is InChI=1S/C23H35N3O2/c1-4-5-8-23(27)26-15-6-7-20(21-13-14-24-25-21)22(26)16-28-19-11-9-18(10-12-19)17(2)3/h1,13-14,17-20,22H,5-12,15-16H2,2-3H3,(H,24,25)/t18?,19?,20-,22+/m1/s1. The third-order valence-corrected chi connectivity index (χ3v) is 6.67. The molecule has 0 aromatic carbocycles. The largest absolute Gasteiger partial charge is 0.376 e. The summed E-state index contributed by atoms with van der Waals surface area (Å²) in [6.07, 6.45) is 15.2. The molecule has 5 heteroatoms. The number of rotatable bonds is 7. The molecule has 2 fully saturated rings. The van der Waals surface area contributed by atoms with Crippen LogP contribution in [0.3, 0.4) is 0 Å². The molecule has 0 bridgehead atoms. The second kappa shape index (κ2) is 10.1. The molecule has 154 valence electrons. The van der Waals surface area contributed by atoms with E-state index in [9.17, 15) is 4.79 Å². The summed E-state index contributed by atoms with van der Waals surface area (Å²) in [5.74, 6) is 4.58. The van der Waals surface area contributed by atoms with Gasteiger partial charge in [0.2, 0.25) is 5.91 Å². The topological polar surface area (TPSA) is 58.2 Å². The number of aromatic amines is 1. The zero-order chi connectivity index (χ0) is 19.9. The van der Waals surface area contributed by atoms with Crippen molar-refractivity contribution in [2.45, 2.75) is 83.3 Å². The number of nitrogens with zero attached hydrogens (tertiary/aromatic N) is 2. The normalized spacial score (nSPS) is 28.3. The molecule has 1 N–H and O–H groups in total. The summed E-state index contributed by atoms with van der Waals surface area (Å²) in [6.45, 7) is 6.04. The molecule has 1 aliphatic heterocycles. The van der Waals surface area contributed by atoms with Gasteiger partial charge in [-0.25, -0.2) is 0 Å². The molecule has 0 radical (unpaired) electrons. The third-order valence-electron chi connectivity index (χ3n) is 6.67. The summed E-state index contributed by atoms with van der Waals surface area (Å²) in [6, 6.07) is 2.09. The molecule has 28 heavy (non-hydrogen) atoms. The molecule has 2 aliphatic rings. The maximum atomic E-state index is 12.8. The molecular weight excluding hydrogens is 350 g/mol. The quantitative estimate of drug-likeness (QED) is 0.718. The van der Waals surface area contributed by atoms with Gasteiger partial charge in [0, 0.05) is 37.2 Å². The SMILES string of the molecule is C#CCCC(=O)N1CCC[C@H](c2ccn[nH]2)[C@@H]1COC1CCC(C(C)C)CC1. The highest BCUT2D eigenvalue weighted by Gasteiger charge is 2.36. The predicted molar refractivity (Wildman–Crippen MR) is 111 cm³/mol. The van der Waals surface area contributed by atoms with Crippen LogP contribution < -0.4 is 0 Å². The van der Waals surface area contributed by atoms with Crippen LogP contribution >= 0.6 is 0 Å². The Morgan fingerprint density at radius 3 is 2.79 bits per heavy atom. The van der Waals surface area contributed by atoms with E-state index in [1.165, 1.54) is 12.8 Å². The Morgan fingerprint density at radius 1 is 1.36 bits per heavy atom. The number of hydrogen-bond acceptors (Lipinski definition) is 3. The monoisotopic (exact) mass is 385 g/mol. The predicted octanol–water partition coefficient (Wildman–Crippen LogP) is 4.13. The average Bonchev–Trinajstić information content (AvgIpc) is 3.25. The van der Waals surface area contributed by atoms with Crippen molar-refractivity contribution >= 4 is 5.91 Å². The summed E-state index contributed by atoms with van der Waals surface area (Å²) in [7, 11) is 0. The summed E-state index contributed by atoms with van der Waals surface area (Å²) < 4.78 is 6.40. The molecule has 1 aliphatic carbocycles. The van der Waals surface area contributed by atoms with Gasteiger partial charge in [-0.1, -0.05) is 13.8 Å². The number of ether oxygens (including phenoxy) is 1. The van der Waals surface area contributed by atoms with Crippen LogP contribution in [-0.2, 0) is 9.53 Å². The van der Waals surface area contributed by atoms with Crippen molar-refractivity contribution in [3.05, 3.63) is 18.0 Å². The van der Waals surface area contributed by atoms with Gasteiger partial charge < -0.3 is 9.64 Å². The van der Waals surface area contributed by atoms with Crippen LogP contribution in [0.5, 0.6) is 0 Å². The van der Waals surface area contributed by atoms with Crippen LogP contribution in [-0.4, -0.2) is 46.3 Å². The first kappa shape index (κ1) is 20.9. The molecule has 0 unspecified atom stereocenters. The van der Waals surface area contributed by atoms with Gasteiger partial charge in [-0.05, 0) is 56.4 Å². The summed E-state index contributed by atoms with van der Waals surface area (Å²) in [4.78, 5) is 14.8. The summed E-state index contributed by atoms with van der Waals surface area (Å²) in [5, 5.41) is 7.25. The van der Waals surface area contributed by atoms with Crippen molar-refractivity contribution in [2.24, 2.45) is 11.8 Å². The number of likely N-dealkylation sites (tertiary alicyclic amines) is 1. The minimum atomic E-state index is 0.0577. The Morgan fingerprint density at radius 2 is 2.14 bits per heavy atom. The zero-order valence-corrected chi connectivity index (χ0v) is 17.4. The highest BCUT2D eigenvalue weighted by Crippen LogP contribution is 2.35. The van der Waals surface area contributed by atoms with E-state index < -0.39 is 0 Å². The Bertz CT molecular complexity index is 641. The summed E-state index contributed by atoms with van der Waals surface area (Å²) in [5.41, 5.74) is 1.10. The lowest BCUT2D eigenvalue weighted by Gasteiger charge is -2.42. The van der Waals surface area contributed by atoms with Crippen LogP contribution in [0.2, 0.25) is 0 Å². The number of carbonyl (C=O) groups excluding carboxylic acids is 1. The Labute approximate surface area is 169 Å². The number of aromatic nitrogens is 2. The fraction of sp³-hybridized carbons (Fsp3) is 0.739. The van der Waals surface area contributed by atoms with E-state index in [-0.39, 0.29) is 17.9 Å². The molecular formula is C23H35N3O2. The van der Waals surface area contributed by atoms with Crippen molar-refractivity contribution in [2.75, 3.05) is 13.2 Å². The van der Waals surface area contributed by atoms with Crippen molar-refractivity contribution < 1.29 is 9.53 Å². The van der Waals surface area contributed by atoms with Crippen molar-refractivity contribution in [3.8, 4) is 12.3 Å². The Hall–Kier alpha value is -1.80. The molecule has 1 aromatic heterocycles. The number of carbonyl (C=O) groups is 1. The highest BCUT2D eigenvalue weighted by atomic mass is 16.5. The fourth-order valence-corrected chi connectivity index (χ4v) is 4.89. The number of H-pyrrole nitrogens is 1. The van der Waals surface area contributed by atoms with Gasteiger partial charge in [0.15, 0.2) is 0 Å². The smallest absolute Gasteiger partial charge is 0.223 e. The molecule has 3 rings (SSSR count). The zero-order valence-electron chi connectivity index (χ0n) is 17.4. The third kappa shape index (κ3) is 5.17. The number of piperidine rings is 1. The van der Waals surface area contributed by atoms with Crippen molar-refractivity contribution in [1.29, 1.82) is 0 Å². The van der Waals surface area contributed by atoms with Gasteiger partial charge >= 0.3 is 0 Å². The molecule has 2 atom stereocenters. The highest BCUT2D eigenvalue weighted by molar-refractivity contribution is 5.77. The van der Waals surface area contributed by atoms with Gasteiger partial charge in [-0.3, -0.25) is 9.89 Å². The molecule has 1 aromatic rings. The number of hydrogen-bond donors (Lipinski definition) is 1. The maximum Gasteiger partial charge on any atom is 0.223 e. The second-order valence-electron chi connectivity index (χ2n) is 8.73. The molecule has 0 spiro atoms. The van der Waals surface area contributed by atoms with E-state index in [4.69, 9.17) is 11.2 Å². The maximum absolute atomic E-state index is 12.8. The first-order valence-electron chi connectivity index (χ1n) is 10.9. The van der Waals surface area contributed by atoms with Crippen LogP contribution in [0.25, 0.3) is 0 Å². The van der Waals surface area contributed by atoms with Crippen molar-refractivity contribution in [1.82, 2.24) is 15.1 Å². The fourth-order valence-electron chi connectivity index (χ4n) is 4.89. The summed E-state index contributed by atoms with van der Waals surface area (Å²) >= 11 is 0. The van der Waals surface area contributed by atoms with Crippen LogP contribution in [0.4, 0.5) is 0 Å². The number of nitrogens with one attached hydrogen (secondary N) is 1. The van der Waals surface area contributed by atoms with Crippen LogP contribution in [0, 0.1) is 24.2 Å². The molecule has 1 saturated heterocycles. The molecule has 2 heterocycles. The van der Waals surface area contributed by atoms with Gasteiger partial charge in [0.25, 0.3) is 0 Å². The van der Waals surface area contributed by atoms with E-state index in [0.717, 1.165) is 49.8 Å². The van der Waals surface area contributed by atoms with Gasteiger partial charge in [0.1, 0.15) is 0 Å². The first-order valence-corrected chi connectivity index (χ1v) is 10.9. The Kier molecular flexibility index (Phi) is 7.56. The number of terminal acetylenes is 1. The lowest BCUT2D eigenvalue weighted by Crippen LogP contribution is -2.50. The minimum absolute atomic E-state index is 0.0577. The first-order chi connectivity index (χ1) is 13.6. The van der Waals surface area contributed by atoms with E-state index in [2.05, 4.69) is 30.0 Å². The lowest BCUT2D eigenvalue weighted by molar-refractivity contribution is -0.138. The average molecular weight is 386 g/mol. The van der Waals surface area contributed by atoms with Crippen LogP contribution in [0.15, 0.2) is 12.3 Å². The Balaban J connectivity index is 1.65. The van der Waals surface area contributed by atoms with Gasteiger partial charge in [0.05, 0.1) is 18.8 Å². The van der Waals surface area contributed by atoms with E-state index in [0.29, 0.717) is 25.6 Å². The van der Waals surface area contributed by atoms with Crippen LogP contribution in [0.1, 0.15) is 76.8 Å². The number of amides is 1. The van der Waals surface area contributed by atoms with E-state index in [1.807, 2.05) is 11.0 Å². The molecule has 1 amide bonds. The van der Waals surface area contributed by atoms with Gasteiger partial charge in [-0.15, -0.1) is 12.3 Å². The van der Waals surface area contributed by atoms with E-state index >= 15 is 0 Å². The van der Waals surface area contributed by atoms with Crippen molar-refractivity contribution in [3.63, 3.8) is 0 Å². The van der Waals surface area contributed by atoms with Gasteiger partial charge in [-0.2, -0.15) is 5.10 Å². The lowest BCUT2D eigenvalue weighted by atomic mass is 9.80.